The predicted octanol–water partition coefficient (Wildman–Crippen LogP) is 2.40. The lowest BCUT2D eigenvalue weighted by Crippen LogP contribution is -2.24. The summed E-state index contributed by atoms with van der Waals surface area (Å²) in [5.74, 6) is 0.0193. The third-order valence-corrected chi connectivity index (χ3v) is 3.46. The SMILES string of the molecule is Cc1[nH]ccc1C(=O)NCCCCC1CCCO1. The van der Waals surface area contributed by atoms with Gasteiger partial charge >= 0.3 is 0 Å². The zero-order valence-corrected chi connectivity index (χ0v) is 11.0. The minimum atomic E-state index is 0.0193. The van der Waals surface area contributed by atoms with Crippen LogP contribution in [0.2, 0.25) is 0 Å². The zero-order chi connectivity index (χ0) is 12.8. The van der Waals surface area contributed by atoms with Gasteiger partial charge in [-0.25, -0.2) is 0 Å². The molecule has 4 heteroatoms. The molecular formula is C14H22N2O2. The van der Waals surface area contributed by atoms with Gasteiger partial charge in [-0.15, -0.1) is 0 Å². The molecule has 0 spiro atoms. The molecule has 1 aliphatic heterocycles. The maximum Gasteiger partial charge on any atom is 0.253 e. The molecule has 18 heavy (non-hydrogen) atoms. The number of rotatable bonds is 6. The summed E-state index contributed by atoms with van der Waals surface area (Å²) in [6, 6.07) is 1.82. The fourth-order valence-electron chi connectivity index (χ4n) is 2.36. The Hall–Kier alpha value is -1.29. The third kappa shape index (κ3) is 3.60. The number of hydrogen-bond acceptors (Lipinski definition) is 2. The second kappa shape index (κ2) is 6.59. The molecule has 2 N–H and O–H groups in total. The first-order chi connectivity index (χ1) is 8.77. The lowest BCUT2D eigenvalue weighted by molar-refractivity contribution is 0.0946. The van der Waals surface area contributed by atoms with Crippen LogP contribution >= 0.6 is 0 Å². The summed E-state index contributed by atoms with van der Waals surface area (Å²) in [5, 5.41) is 2.95. The van der Waals surface area contributed by atoms with Gasteiger partial charge in [0.25, 0.3) is 5.91 Å². The number of nitrogens with one attached hydrogen (secondary N) is 2. The lowest BCUT2D eigenvalue weighted by atomic mass is 10.1. The molecule has 4 nitrogen and oxygen atoms in total. The van der Waals surface area contributed by atoms with Crippen LogP contribution in [0.4, 0.5) is 0 Å². The fraction of sp³-hybridized carbons (Fsp3) is 0.643. The number of aromatic nitrogens is 1. The molecule has 1 aromatic rings. The topological polar surface area (TPSA) is 54.1 Å². The summed E-state index contributed by atoms with van der Waals surface area (Å²) in [6.07, 6.45) is 7.93. The van der Waals surface area contributed by atoms with Crippen molar-refractivity contribution >= 4 is 5.91 Å². The molecule has 0 bridgehead atoms. The molecule has 1 aromatic heterocycles. The third-order valence-electron chi connectivity index (χ3n) is 3.46. The van der Waals surface area contributed by atoms with Crippen molar-refractivity contribution in [3.05, 3.63) is 23.5 Å². The van der Waals surface area contributed by atoms with Crippen LogP contribution in [0.25, 0.3) is 0 Å². The molecular weight excluding hydrogens is 228 g/mol. The minimum absolute atomic E-state index is 0.0193. The van der Waals surface area contributed by atoms with E-state index in [-0.39, 0.29) is 5.91 Å². The smallest absolute Gasteiger partial charge is 0.253 e. The first-order valence-electron chi connectivity index (χ1n) is 6.81. The second-order valence-electron chi connectivity index (χ2n) is 4.90. The van der Waals surface area contributed by atoms with Crippen molar-refractivity contribution in [1.82, 2.24) is 10.3 Å². The zero-order valence-electron chi connectivity index (χ0n) is 11.0. The molecule has 0 saturated carbocycles. The first-order valence-corrected chi connectivity index (χ1v) is 6.81. The number of aryl methyl sites for hydroxylation is 1. The Morgan fingerprint density at radius 1 is 1.56 bits per heavy atom. The van der Waals surface area contributed by atoms with Gasteiger partial charge in [-0.2, -0.15) is 0 Å². The largest absolute Gasteiger partial charge is 0.378 e. The Morgan fingerprint density at radius 2 is 2.44 bits per heavy atom. The first kappa shape index (κ1) is 13.1. The van der Waals surface area contributed by atoms with Crippen molar-refractivity contribution in [3.8, 4) is 0 Å². The van der Waals surface area contributed by atoms with Gasteiger partial charge in [0.1, 0.15) is 0 Å². The number of hydrogen-bond donors (Lipinski definition) is 2. The standard InChI is InChI=1S/C14H22N2O2/c1-11-13(7-9-15-11)14(17)16-8-3-2-5-12-6-4-10-18-12/h7,9,12,15H,2-6,8,10H2,1H3,(H,16,17). The van der Waals surface area contributed by atoms with Crippen LogP contribution < -0.4 is 5.32 Å². The van der Waals surface area contributed by atoms with E-state index < -0.39 is 0 Å². The van der Waals surface area contributed by atoms with Crippen molar-refractivity contribution < 1.29 is 9.53 Å². The van der Waals surface area contributed by atoms with E-state index in [1.165, 1.54) is 12.8 Å². The molecule has 100 valence electrons. The molecule has 2 heterocycles. The molecule has 0 aromatic carbocycles. The van der Waals surface area contributed by atoms with Gasteiger partial charge < -0.3 is 15.0 Å². The summed E-state index contributed by atoms with van der Waals surface area (Å²) in [4.78, 5) is 14.8. The number of aromatic amines is 1. The highest BCUT2D eigenvalue weighted by Crippen LogP contribution is 2.17. The molecule has 1 fully saturated rings. The summed E-state index contributed by atoms with van der Waals surface area (Å²) in [7, 11) is 0. The van der Waals surface area contributed by atoms with Gasteiger partial charge in [0.05, 0.1) is 11.7 Å². The Labute approximate surface area is 108 Å². The summed E-state index contributed by atoms with van der Waals surface area (Å²) in [5.41, 5.74) is 1.67. The number of amides is 1. The van der Waals surface area contributed by atoms with E-state index in [1.54, 1.807) is 6.20 Å². The number of ether oxygens (including phenoxy) is 1. The highest BCUT2D eigenvalue weighted by atomic mass is 16.5. The summed E-state index contributed by atoms with van der Waals surface area (Å²) in [6.45, 7) is 3.58. The van der Waals surface area contributed by atoms with Gasteiger partial charge in [-0.05, 0) is 45.1 Å². The maximum absolute atomic E-state index is 11.8. The second-order valence-corrected chi connectivity index (χ2v) is 4.90. The number of carbonyl (C=O) groups excluding carboxylic acids is 1. The number of carbonyl (C=O) groups is 1. The minimum Gasteiger partial charge on any atom is -0.378 e. The van der Waals surface area contributed by atoms with Crippen LogP contribution in [0.1, 0.15) is 48.2 Å². The van der Waals surface area contributed by atoms with E-state index in [2.05, 4.69) is 10.3 Å². The van der Waals surface area contributed by atoms with Crippen LogP contribution in [-0.4, -0.2) is 30.1 Å². The molecule has 0 aliphatic carbocycles. The van der Waals surface area contributed by atoms with Gasteiger partial charge in [-0.1, -0.05) is 0 Å². The summed E-state index contributed by atoms with van der Waals surface area (Å²) >= 11 is 0. The maximum atomic E-state index is 11.8. The van der Waals surface area contributed by atoms with Crippen molar-refractivity contribution in [2.24, 2.45) is 0 Å². The van der Waals surface area contributed by atoms with E-state index in [1.807, 2.05) is 13.0 Å². The van der Waals surface area contributed by atoms with E-state index in [0.29, 0.717) is 6.10 Å². The Bertz CT molecular complexity index is 381. The normalized spacial score (nSPS) is 19.1. The van der Waals surface area contributed by atoms with Crippen molar-refractivity contribution in [2.75, 3.05) is 13.2 Å². The Kier molecular flexibility index (Phi) is 4.81. The van der Waals surface area contributed by atoms with Crippen LogP contribution in [0, 0.1) is 6.92 Å². The van der Waals surface area contributed by atoms with E-state index in [0.717, 1.165) is 43.7 Å². The number of unbranched alkanes of at least 4 members (excludes halogenated alkanes) is 1. The van der Waals surface area contributed by atoms with E-state index in [9.17, 15) is 4.79 Å². The van der Waals surface area contributed by atoms with Crippen LogP contribution in [0.3, 0.4) is 0 Å². The molecule has 1 aliphatic rings. The van der Waals surface area contributed by atoms with E-state index in [4.69, 9.17) is 4.74 Å². The quantitative estimate of drug-likeness (QED) is 0.762. The van der Waals surface area contributed by atoms with Crippen LogP contribution in [0.5, 0.6) is 0 Å². The highest BCUT2D eigenvalue weighted by molar-refractivity contribution is 5.95. The average molecular weight is 250 g/mol. The van der Waals surface area contributed by atoms with Crippen molar-refractivity contribution in [3.63, 3.8) is 0 Å². The van der Waals surface area contributed by atoms with Gasteiger partial charge in [0.15, 0.2) is 0 Å². The molecule has 0 radical (unpaired) electrons. The Morgan fingerprint density at radius 3 is 3.11 bits per heavy atom. The van der Waals surface area contributed by atoms with Gasteiger partial charge in [0, 0.05) is 25.0 Å². The highest BCUT2D eigenvalue weighted by Gasteiger charge is 2.14. The molecule has 1 amide bonds. The summed E-state index contributed by atoms with van der Waals surface area (Å²) < 4.78 is 5.56. The molecule has 1 saturated heterocycles. The predicted molar refractivity (Wildman–Crippen MR) is 70.7 cm³/mol. The van der Waals surface area contributed by atoms with Crippen LogP contribution in [-0.2, 0) is 4.74 Å². The van der Waals surface area contributed by atoms with Crippen molar-refractivity contribution in [2.45, 2.75) is 45.1 Å². The Balaban J connectivity index is 1.58. The fourth-order valence-corrected chi connectivity index (χ4v) is 2.36. The number of H-pyrrole nitrogens is 1. The van der Waals surface area contributed by atoms with E-state index >= 15 is 0 Å². The van der Waals surface area contributed by atoms with Gasteiger partial charge in [0.2, 0.25) is 0 Å². The van der Waals surface area contributed by atoms with Crippen LogP contribution in [0.15, 0.2) is 12.3 Å². The lowest BCUT2D eigenvalue weighted by Gasteiger charge is -2.09. The molecule has 1 atom stereocenters. The molecule has 2 rings (SSSR count). The van der Waals surface area contributed by atoms with Gasteiger partial charge in [-0.3, -0.25) is 4.79 Å². The van der Waals surface area contributed by atoms with Crippen molar-refractivity contribution in [1.29, 1.82) is 0 Å². The molecule has 1 unspecified atom stereocenters. The monoisotopic (exact) mass is 250 g/mol. The average Bonchev–Trinajstić information content (AvgIpc) is 2.99.